The monoisotopic (exact) mass is 429 g/mol. The maximum absolute atomic E-state index is 13.2. The lowest BCUT2D eigenvalue weighted by molar-refractivity contribution is -0.304. The van der Waals surface area contributed by atoms with Crippen LogP contribution in [0.5, 0.6) is 11.5 Å². The molecule has 1 unspecified atom stereocenters. The summed E-state index contributed by atoms with van der Waals surface area (Å²) >= 11 is 0. The molecule has 1 amide bonds. The highest BCUT2D eigenvalue weighted by molar-refractivity contribution is 6.04. The van der Waals surface area contributed by atoms with E-state index in [1.165, 1.54) is 12.1 Å². The Bertz CT molecular complexity index is 822. The van der Waals surface area contributed by atoms with E-state index < -0.39 is 36.7 Å². The summed E-state index contributed by atoms with van der Waals surface area (Å²) in [6.07, 6.45) is -15.5. The van der Waals surface area contributed by atoms with Crippen LogP contribution in [0.3, 0.4) is 0 Å². The predicted octanol–water partition coefficient (Wildman–Crippen LogP) is 5.41. The minimum atomic E-state index is -5.82. The highest BCUT2D eigenvalue weighted by Gasteiger charge is 2.59. The molecule has 158 valence electrons. The van der Waals surface area contributed by atoms with E-state index in [0.29, 0.717) is 0 Å². The molecule has 0 radical (unpaired) electrons. The molecule has 0 saturated heterocycles. The van der Waals surface area contributed by atoms with Crippen molar-refractivity contribution in [2.45, 2.75) is 25.1 Å². The van der Waals surface area contributed by atoms with Crippen LogP contribution in [0.25, 0.3) is 0 Å². The Morgan fingerprint density at radius 1 is 0.828 bits per heavy atom. The number of carbonyl (C=O) groups excluding carboxylic acids is 1. The zero-order valence-corrected chi connectivity index (χ0v) is 14.0. The fraction of sp³-hybridized carbons (Fsp3) is 0.235. The molecule has 0 bridgehead atoms. The summed E-state index contributed by atoms with van der Waals surface area (Å²) in [7, 11) is 0. The zero-order chi connectivity index (χ0) is 21.8. The first-order valence-electron chi connectivity index (χ1n) is 7.62. The second-order valence-electron chi connectivity index (χ2n) is 5.45. The van der Waals surface area contributed by atoms with Gasteiger partial charge in [-0.1, -0.05) is 0 Å². The van der Waals surface area contributed by atoms with Crippen molar-refractivity contribution in [3.8, 4) is 11.5 Å². The topological polar surface area (TPSA) is 47.6 Å². The Balaban J connectivity index is 2.01. The molecular formula is C17H11F8NO3. The number of rotatable bonds is 7. The number of ether oxygens (including phenoxy) is 2. The number of nitrogens with one attached hydrogen (secondary N) is 1. The molecule has 0 saturated carbocycles. The molecule has 0 fully saturated rings. The minimum absolute atomic E-state index is 0.0961. The second kappa shape index (κ2) is 8.53. The van der Waals surface area contributed by atoms with Gasteiger partial charge >= 0.3 is 18.9 Å². The quantitative estimate of drug-likeness (QED) is 0.599. The maximum atomic E-state index is 13.2. The smallest absolute Gasteiger partial charge is 0.435 e. The van der Waals surface area contributed by atoms with Crippen LogP contribution < -0.4 is 14.8 Å². The lowest BCUT2D eigenvalue weighted by Gasteiger charge is -2.23. The minimum Gasteiger partial charge on any atom is -0.435 e. The molecule has 0 aliphatic heterocycles. The predicted molar refractivity (Wildman–Crippen MR) is 84.0 cm³/mol. The molecule has 0 aliphatic carbocycles. The molecule has 2 aromatic carbocycles. The average Bonchev–Trinajstić information content (AvgIpc) is 2.61. The Kier molecular flexibility index (Phi) is 6.55. The van der Waals surface area contributed by atoms with Crippen molar-refractivity contribution >= 4 is 11.6 Å². The summed E-state index contributed by atoms with van der Waals surface area (Å²) in [5, 5.41) is 2.36. The molecular weight excluding hydrogens is 418 g/mol. The van der Waals surface area contributed by atoms with E-state index in [2.05, 4.69) is 14.8 Å². The van der Waals surface area contributed by atoms with Crippen molar-refractivity contribution in [1.29, 1.82) is 0 Å². The van der Waals surface area contributed by atoms with Crippen molar-refractivity contribution < 1.29 is 49.4 Å². The normalized spacial score (nSPS) is 13.1. The van der Waals surface area contributed by atoms with E-state index in [1.807, 2.05) is 0 Å². The molecule has 29 heavy (non-hydrogen) atoms. The molecule has 12 heteroatoms. The standard InChI is InChI=1S/C17H11F8NO3/c18-14(16(21,22)23)17(24,25)29-12-5-1-9(2-6-12)13(27)26-10-3-7-11(8-4-10)28-15(19)20/h1-8,14-15H,(H,26,27). The van der Waals surface area contributed by atoms with Crippen molar-refractivity contribution in [2.24, 2.45) is 0 Å². The Morgan fingerprint density at radius 2 is 1.34 bits per heavy atom. The lowest BCUT2D eigenvalue weighted by atomic mass is 10.2. The summed E-state index contributed by atoms with van der Waals surface area (Å²) in [6, 6.07) is 8.25. The first kappa shape index (κ1) is 22.2. The summed E-state index contributed by atoms with van der Waals surface area (Å²) in [5.41, 5.74) is 0.0927. The van der Waals surface area contributed by atoms with Gasteiger partial charge in [0.25, 0.3) is 12.1 Å². The van der Waals surface area contributed by atoms with Gasteiger partial charge in [0.2, 0.25) is 0 Å². The molecule has 1 N–H and O–H groups in total. The largest absolute Gasteiger partial charge is 0.439 e. The first-order valence-corrected chi connectivity index (χ1v) is 7.62. The Morgan fingerprint density at radius 3 is 1.83 bits per heavy atom. The highest BCUT2D eigenvalue weighted by Crippen LogP contribution is 2.36. The maximum Gasteiger partial charge on any atom is 0.439 e. The van der Waals surface area contributed by atoms with Crippen LogP contribution in [-0.2, 0) is 0 Å². The van der Waals surface area contributed by atoms with E-state index in [4.69, 9.17) is 0 Å². The average molecular weight is 429 g/mol. The van der Waals surface area contributed by atoms with Crippen molar-refractivity contribution in [2.75, 3.05) is 5.32 Å². The number of carbonyl (C=O) groups is 1. The van der Waals surface area contributed by atoms with Gasteiger partial charge in [-0.05, 0) is 48.5 Å². The Hall–Kier alpha value is -3.05. The molecule has 0 heterocycles. The van der Waals surface area contributed by atoms with E-state index in [-0.39, 0.29) is 17.0 Å². The molecule has 0 spiro atoms. The van der Waals surface area contributed by atoms with Crippen LogP contribution in [0.4, 0.5) is 40.8 Å². The van der Waals surface area contributed by atoms with Crippen LogP contribution in [0, 0.1) is 0 Å². The fourth-order valence-electron chi connectivity index (χ4n) is 2.00. The number of hydrogen-bond acceptors (Lipinski definition) is 3. The van der Waals surface area contributed by atoms with Gasteiger partial charge < -0.3 is 14.8 Å². The van der Waals surface area contributed by atoms with Gasteiger partial charge in [0.1, 0.15) is 11.5 Å². The molecule has 4 nitrogen and oxygen atoms in total. The number of hydrogen-bond donors (Lipinski definition) is 1. The van der Waals surface area contributed by atoms with Gasteiger partial charge in [0, 0.05) is 11.3 Å². The van der Waals surface area contributed by atoms with Gasteiger partial charge in [0.05, 0.1) is 0 Å². The lowest BCUT2D eigenvalue weighted by Crippen LogP contribution is -2.45. The van der Waals surface area contributed by atoms with Crippen molar-refractivity contribution in [3.63, 3.8) is 0 Å². The fourth-order valence-corrected chi connectivity index (χ4v) is 2.00. The second-order valence-corrected chi connectivity index (χ2v) is 5.45. The van der Waals surface area contributed by atoms with Crippen LogP contribution >= 0.6 is 0 Å². The zero-order valence-electron chi connectivity index (χ0n) is 14.0. The Labute approximate surface area is 158 Å². The number of amides is 1. The van der Waals surface area contributed by atoms with E-state index in [0.717, 1.165) is 36.4 Å². The van der Waals surface area contributed by atoms with E-state index in [1.54, 1.807) is 0 Å². The number of alkyl halides is 8. The van der Waals surface area contributed by atoms with Gasteiger partial charge in [-0.25, -0.2) is 4.39 Å². The molecule has 2 rings (SSSR count). The van der Waals surface area contributed by atoms with Gasteiger partial charge in [-0.2, -0.15) is 30.7 Å². The van der Waals surface area contributed by atoms with E-state index >= 15 is 0 Å². The summed E-state index contributed by atoms with van der Waals surface area (Å²) in [5.74, 6) is -1.69. The summed E-state index contributed by atoms with van der Waals surface area (Å²) < 4.78 is 107. The third-order valence-corrected chi connectivity index (χ3v) is 3.29. The number of anilines is 1. The number of benzene rings is 2. The van der Waals surface area contributed by atoms with Crippen molar-refractivity contribution in [1.82, 2.24) is 0 Å². The van der Waals surface area contributed by atoms with Gasteiger partial charge in [-0.15, -0.1) is 0 Å². The van der Waals surface area contributed by atoms with Crippen molar-refractivity contribution in [3.05, 3.63) is 54.1 Å². The van der Waals surface area contributed by atoms with Crippen LogP contribution in [0.2, 0.25) is 0 Å². The third-order valence-electron chi connectivity index (χ3n) is 3.29. The molecule has 0 aliphatic rings. The first-order chi connectivity index (χ1) is 13.4. The summed E-state index contributed by atoms with van der Waals surface area (Å²) in [4.78, 5) is 12.1. The van der Waals surface area contributed by atoms with Gasteiger partial charge in [0.15, 0.2) is 0 Å². The summed E-state index contributed by atoms with van der Waals surface area (Å²) in [6.45, 7) is -3.02. The molecule has 0 aromatic heterocycles. The SMILES string of the molecule is O=C(Nc1ccc(OC(F)F)cc1)c1ccc(OC(F)(F)C(F)C(F)(F)F)cc1. The van der Waals surface area contributed by atoms with Gasteiger partial charge in [-0.3, -0.25) is 4.79 Å². The van der Waals surface area contributed by atoms with Crippen LogP contribution in [0.15, 0.2) is 48.5 Å². The van der Waals surface area contributed by atoms with Crippen LogP contribution in [0.1, 0.15) is 10.4 Å². The van der Waals surface area contributed by atoms with E-state index in [9.17, 15) is 39.9 Å². The third kappa shape index (κ3) is 6.22. The highest BCUT2D eigenvalue weighted by atomic mass is 19.4. The molecule has 2 aromatic rings. The molecule has 1 atom stereocenters. The van der Waals surface area contributed by atoms with Crippen LogP contribution in [-0.4, -0.2) is 31.0 Å². The number of halogens is 8.